The van der Waals surface area contributed by atoms with Crippen LogP contribution in [-0.4, -0.2) is 29.3 Å². The number of carbonyl (C=O) groups is 1. The van der Waals surface area contributed by atoms with Crippen LogP contribution in [0.4, 0.5) is 0 Å². The van der Waals surface area contributed by atoms with Gasteiger partial charge in [0.25, 0.3) is 0 Å². The molecule has 80 valence electrons. The quantitative estimate of drug-likeness (QED) is 0.646. The minimum atomic E-state index is -0.574. The second-order valence-corrected chi connectivity index (χ2v) is 3.94. The molecule has 0 spiro atoms. The summed E-state index contributed by atoms with van der Waals surface area (Å²) in [5, 5.41) is 21.5. The Morgan fingerprint density at radius 3 is 2.80 bits per heavy atom. The average Bonchev–Trinajstić information content (AvgIpc) is 2.61. The summed E-state index contributed by atoms with van der Waals surface area (Å²) in [5.74, 6) is 0.0899. The largest absolute Gasteiger partial charge is 0.508 e. The van der Waals surface area contributed by atoms with Crippen molar-refractivity contribution in [1.29, 1.82) is 0 Å². The summed E-state index contributed by atoms with van der Waals surface area (Å²) in [5.41, 5.74) is 0.221. The lowest BCUT2D eigenvalue weighted by molar-refractivity contribution is -0.119. The van der Waals surface area contributed by atoms with Gasteiger partial charge in [0.1, 0.15) is 5.75 Å². The van der Waals surface area contributed by atoms with Crippen LogP contribution in [-0.2, 0) is 10.2 Å². The molecule has 0 aromatic heterocycles. The summed E-state index contributed by atoms with van der Waals surface area (Å²) >= 11 is 0. The molecule has 1 saturated heterocycles. The van der Waals surface area contributed by atoms with Gasteiger partial charge in [-0.3, -0.25) is 4.79 Å². The van der Waals surface area contributed by atoms with E-state index in [2.05, 4.69) is 5.32 Å². The number of aliphatic hydroxyl groups is 1. The first kappa shape index (κ1) is 9.98. The molecule has 0 radical (unpaired) electrons. The van der Waals surface area contributed by atoms with Crippen LogP contribution in [0.15, 0.2) is 24.3 Å². The van der Waals surface area contributed by atoms with Crippen LogP contribution >= 0.6 is 0 Å². The van der Waals surface area contributed by atoms with E-state index >= 15 is 0 Å². The van der Waals surface area contributed by atoms with Gasteiger partial charge in [-0.2, -0.15) is 0 Å². The number of carbonyl (C=O) groups excluding carboxylic acids is 1. The molecule has 1 aromatic carbocycles. The maximum Gasteiger partial charge on any atom is 0.221 e. The summed E-state index contributed by atoms with van der Waals surface area (Å²) in [6.07, 6.45) is 0.271. The highest BCUT2D eigenvalue weighted by atomic mass is 16.3. The summed E-state index contributed by atoms with van der Waals surface area (Å²) in [6.45, 7) is 0.320. The van der Waals surface area contributed by atoms with Crippen molar-refractivity contribution in [2.45, 2.75) is 11.8 Å². The highest BCUT2D eigenvalue weighted by Crippen LogP contribution is 2.32. The third-order valence-electron chi connectivity index (χ3n) is 2.88. The smallest absolute Gasteiger partial charge is 0.221 e. The molecule has 1 atom stereocenters. The second-order valence-electron chi connectivity index (χ2n) is 3.94. The van der Waals surface area contributed by atoms with Crippen molar-refractivity contribution < 1.29 is 15.0 Å². The lowest BCUT2D eigenvalue weighted by atomic mass is 9.80. The van der Waals surface area contributed by atoms with E-state index in [9.17, 15) is 15.0 Å². The van der Waals surface area contributed by atoms with Crippen LogP contribution in [0.1, 0.15) is 12.0 Å². The number of aromatic hydroxyl groups is 1. The highest BCUT2D eigenvalue weighted by molar-refractivity contribution is 5.80. The van der Waals surface area contributed by atoms with Gasteiger partial charge in [-0.05, 0) is 17.7 Å². The van der Waals surface area contributed by atoms with Crippen molar-refractivity contribution in [2.24, 2.45) is 0 Å². The van der Waals surface area contributed by atoms with Gasteiger partial charge < -0.3 is 15.5 Å². The summed E-state index contributed by atoms with van der Waals surface area (Å²) in [4.78, 5) is 11.2. The molecule has 3 N–H and O–H groups in total. The molecule has 0 aliphatic carbocycles. The van der Waals surface area contributed by atoms with Crippen molar-refractivity contribution in [1.82, 2.24) is 5.32 Å². The molecule has 2 rings (SSSR count). The number of benzene rings is 1. The molecule has 1 aliphatic rings. The molecular weight excluding hydrogens is 194 g/mol. The first-order valence-electron chi connectivity index (χ1n) is 4.83. The second kappa shape index (κ2) is 3.55. The van der Waals surface area contributed by atoms with E-state index in [1.165, 1.54) is 0 Å². The molecule has 0 bridgehead atoms. The molecular formula is C11H13NO3. The molecule has 1 fully saturated rings. The Balaban J connectivity index is 2.38. The molecule has 1 amide bonds. The summed E-state index contributed by atoms with van der Waals surface area (Å²) in [6, 6.07) is 6.69. The number of aliphatic hydroxyl groups excluding tert-OH is 1. The van der Waals surface area contributed by atoms with E-state index in [1.54, 1.807) is 18.2 Å². The lowest BCUT2D eigenvalue weighted by Gasteiger charge is -2.24. The SMILES string of the molecule is O=C1CC(CO)(c2cccc(O)c2)CN1. The minimum absolute atomic E-state index is 0.0626. The van der Waals surface area contributed by atoms with Crippen molar-refractivity contribution in [2.75, 3.05) is 13.2 Å². The molecule has 1 aliphatic heterocycles. The molecule has 1 unspecified atom stereocenters. The van der Waals surface area contributed by atoms with Crippen molar-refractivity contribution in [3.05, 3.63) is 29.8 Å². The Morgan fingerprint density at radius 2 is 2.27 bits per heavy atom. The topological polar surface area (TPSA) is 69.6 Å². The minimum Gasteiger partial charge on any atom is -0.508 e. The van der Waals surface area contributed by atoms with Gasteiger partial charge >= 0.3 is 0 Å². The molecule has 4 nitrogen and oxygen atoms in total. The number of phenolic OH excluding ortho intramolecular Hbond substituents is 1. The van der Waals surface area contributed by atoms with E-state index in [0.717, 1.165) is 5.56 Å². The zero-order valence-electron chi connectivity index (χ0n) is 8.23. The Bertz CT molecular complexity index is 391. The third-order valence-corrected chi connectivity index (χ3v) is 2.88. The Hall–Kier alpha value is -1.55. The molecule has 4 heteroatoms. The fourth-order valence-corrected chi connectivity index (χ4v) is 1.94. The number of hydrogen-bond acceptors (Lipinski definition) is 3. The Kier molecular flexibility index (Phi) is 2.36. The Morgan fingerprint density at radius 1 is 1.47 bits per heavy atom. The molecule has 0 saturated carbocycles. The van der Waals surface area contributed by atoms with E-state index in [4.69, 9.17) is 0 Å². The van der Waals surface area contributed by atoms with Crippen LogP contribution in [0.5, 0.6) is 5.75 Å². The van der Waals surface area contributed by atoms with Crippen LogP contribution in [0, 0.1) is 0 Å². The van der Waals surface area contributed by atoms with Crippen molar-refractivity contribution in [3.8, 4) is 5.75 Å². The molecule has 1 heterocycles. The fourth-order valence-electron chi connectivity index (χ4n) is 1.94. The van der Waals surface area contributed by atoms with Crippen LogP contribution in [0.3, 0.4) is 0 Å². The van der Waals surface area contributed by atoms with Crippen molar-refractivity contribution in [3.63, 3.8) is 0 Å². The van der Waals surface area contributed by atoms with Gasteiger partial charge in [-0.25, -0.2) is 0 Å². The lowest BCUT2D eigenvalue weighted by Crippen LogP contribution is -2.32. The zero-order valence-corrected chi connectivity index (χ0v) is 8.23. The zero-order chi connectivity index (χ0) is 10.9. The van der Waals surface area contributed by atoms with Crippen molar-refractivity contribution >= 4 is 5.91 Å². The van der Waals surface area contributed by atoms with Gasteiger partial charge in [-0.15, -0.1) is 0 Å². The molecule has 15 heavy (non-hydrogen) atoms. The normalized spacial score (nSPS) is 25.3. The number of hydrogen-bond donors (Lipinski definition) is 3. The number of phenols is 1. The maximum atomic E-state index is 11.2. The fraction of sp³-hybridized carbons (Fsp3) is 0.364. The first-order chi connectivity index (χ1) is 7.16. The van der Waals surface area contributed by atoms with Gasteiger partial charge in [0, 0.05) is 18.4 Å². The standard InChI is InChI=1S/C11H13NO3/c13-7-11(5-10(15)12-6-11)8-2-1-3-9(14)4-8/h1-4,13-14H,5-7H2,(H,12,15). The summed E-state index contributed by atoms with van der Waals surface area (Å²) in [7, 11) is 0. The number of rotatable bonds is 2. The highest BCUT2D eigenvalue weighted by Gasteiger charge is 2.39. The van der Waals surface area contributed by atoms with Gasteiger partial charge in [0.05, 0.1) is 6.61 Å². The predicted molar refractivity (Wildman–Crippen MR) is 54.5 cm³/mol. The van der Waals surface area contributed by atoms with Crippen LogP contribution in [0.2, 0.25) is 0 Å². The van der Waals surface area contributed by atoms with Crippen LogP contribution < -0.4 is 5.32 Å². The van der Waals surface area contributed by atoms with Crippen LogP contribution in [0.25, 0.3) is 0 Å². The van der Waals surface area contributed by atoms with E-state index < -0.39 is 5.41 Å². The van der Waals surface area contributed by atoms with E-state index in [-0.39, 0.29) is 24.7 Å². The number of nitrogens with one attached hydrogen (secondary N) is 1. The van der Waals surface area contributed by atoms with Gasteiger partial charge in [0.15, 0.2) is 0 Å². The first-order valence-corrected chi connectivity index (χ1v) is 4.83. The van der Waals surface area contributed by atoms with E-state index in [1.807, 2.05) is 6.07 Å². The van der Waals surface area contributed by atoms with Gasteiger partial charge in [-0.1, -0.05) is 12.1 Å². The van der Waals surface area contributed by atoms with E-state index in [0.29, 0.717) is 6.54 Å². The van der Waals surface area contributed by atoms with Gasteiger partial charge in [0.2, 0.25) is 5.91 Å². The summed E-state index contributed by atoms with van der Waals surface area (Å²) < 4.78 is 0. The Labute approximate surface area is 87.6 Å². The average molecular weight is 207 g/mol. The maximum absolute atomic E-state index is 11.2. The monoisotopic (exact) mass is 207 g/mol. The molecule has 1 aromatic rings. The third kappa shape index (κ3) is 1.68. The number of amides is 1. The predicted octanol–water partition coefficient (Wildman–Crippen LogP) is 0.142.